The summed E-state index contributed by atoms with van der Waals surface area (Å²) in [6.07, 6.45) is 13.9. The molecule has 2 saturated heterocycles. The van der Waals surface area contributed by atoms with Crippen molar-refractivity contribution in [3.63, 3.8) is 0 Å². The number of nitrogens with zero attached hydrogens (tertiary/aromatic N) is 1. The third-order valence-electron chi connectivity index (χ3n) is 14.2. The number of aliphatic hydroxyl groups is 1. The second-order valence-electron chi connectivity index (χ2n) is 15.6. The second-order valence-corrected chi connectivity index (χ2v) is 15.6. The van der Waals surface area contributed by atoms with Gasteiger partial charge in [-0.25, -0.2) is 0 Å². The maximum atomic E-state index is 10.5. The van der Waals surface area contributed by atoms with E-state index in [-0.39, 0.29) is 11.7 Å². The van der Waals surface area contributed by atoms with E-state index in [9.17, 15) is 5.11 Å². The normalized spacial score (nSPS) is 54.9. The fourth-order valence-corrected chi connectivity index (χ4v) is 12.5. The lowest BCUT2D eigenvalue weighted by Crippen LogP contribution is -2.54. The van der Waals surface area contributed by atoms with E-state index >= 15 is 0 Å². The molecular formula is C35H49NO2. The molecule has 2 heterocycles. The summed E-state index contributed by atoms with van der Waals surface area (Å²) >= 11 is 0. The molecule has 3 unspecified atom stereocenters. The minimum atomic E-state index is -0.112. The number of allylic oxidation sites excluding steroid dienone is 1. The smallest absolute Gasteiger partial charge is 0.0787 e. The molecule has 6 fully saturated rings. The van der Waals surface area contributed by atoms with Gasteiger partial charge in [-0.15, -0.1) is 0 Å². The number of likely N-dealkylation sites (tertiary alicyclic amines) is 1. The highest BCUT2D eigenvalue weighted by Crippen LogP contribution is 2.87. The van der Waals surface area contributed by atoms with Crippen molar-refractivity contribution in [3.05, 3.63) is 47.5 Å². The predicted molar refractivity (Wildman–Crippen MR) is 151 cm³/mol. The van der Waals surface area contributed by atoms with E-state index in [1.807, 2.05) is 0 Å². The van der Waals surface area contributed by atoms with Gasteiger partial charge in [-0.05, 0) is 97.9 Å². The molecule has 206 valence electrons. The molecule has 0 aromatic heterocycles. The lowest BCUT2D eigenvalue weighted by molar-refractivity contribution is -0.148. The molecule has 1 aromatic carbocycles. The molecule has 0 bridgehead atoms. The highest BCUT2D eigenvalue weighted by molar-refractivity contribution is 5.36. The van der Waals surface area contributed by atoms with Crippen molar-refractivity contribution in [2.45, 2.75) is 116 Å². The van der Waals surface area contributed by atoms with Crippen LogP contribution in [0.4, 0.5) is 0 Å². The van der Waals surface area contributed by atoms with Crippen LogP contribution in [0.3, 0.4) is 0 Å². The number of hydrogen-bond acceptors (Lipinski definition) is 3. The van der Waals surface area contributed by atoms with Crippen LogP contribution in [0.5, 0.6) is 0 Å². The van der Waals surface area contributed by atoms with E-state index in [1.54, 1.807) is 5.57 Å². The van der Waals surface area contributed by atoms with Gasteiger partial charge in [0, 0.05) is 30.5 Å². The lowest BCUT2D eigenvalue weighted by Gasteiger charge is -2.50. The number of hydrogen-bond donors (Lipinski definition) is 1. The van der Waals surface area contributed by atoms with Crippen molar-refractivity contribution in [3.8, 4) is 0 Å². The number of benzene rings is 1. The van der Waals surface area contributed by atoms with E-state index in [4.69, 9.17) is 4.74 Å². The maximum Gasteiger partial charge on any atom is 0.0787 e. The zero-order chi connectivity index (χ0) is 26.1. The monoisotopic (exact) mass is 515 g/mol. The molecule has 0 radical (unpaired) electrons. The standard InChI is InChI=1S/C35H49NO2/c1-22-16-30-31(36(19-22)20-24-8-6-5-7-9-24)23(2)35(38-30)15-13-28-27-11-10-25-17-26(37)12-14-32(25,3)29(27)18-34(28)21-33(34,35)4/h5-10,22-23,26-31,37H,11-21H2,1-4H3/t22-,23+,26-,27-,28-,29-,30+,31-,32-,33?,34?,35?/m0/s1. The first-order valence-electron chi connectivity index (χ1n) is 16.0. The minimum absolute atomic E-state index is 0.0469. The summed E-state index contributed by atoms with van der Waals surface area (Å²) < 4.78 is 7.52. The Morgan fingerprint density at radius 1 is 1.05 bits per heavy atom. The zero-order valence-electron chi connectivity index (χ0n) is 24.2. The van der Waals surface area contributed by atoms with Gasteiger partial charge in [0.15, 0.2) is 0 Å². The Bertz CT molecular complexity index is 1150. The van der Waals surface area contributed by atoms with E-state index in [0.717, 1.165) is 37.1 Å². The summed E-state index contributed by atoms with van der Waals surface area (Å²) in [7, 11) is 0. The zero-order valence-corrected chi connectivity index (χ0v) is 24.2. The molecule has 38 heavy (non-hydrogen) atoms. The highest BCUT2D eigenvalue weighted by atomic mass is 16.5. The van der Waals surface area contributed by atoms with Crippen LogP contribution in [-0.2, 0) is 11.3 Å². The first kappa shape index (κ1) is 24.6. The molecule has 5 aliphatic carbocycles. The fourth-order valence-electron chi connectivity index (χ4n) is 12.5. The van der Waals surface area contributed by atoms with Gasteiger partial charge in [-0.1, -0.05) is 69.7 Å². The van der Waals surface area contributed by atoms with Gasteiger partial charge >= 0.3 is 0 Å². The second kappa shape index (κ2) is 7.98. The van der Waals surface area contributed by atoms with Crippen molar-refractivity contribution in [1.82, 2.24) is 4.90 Å². The molecular weight excluding hydrogens is 466 g/mol. The average molecular weight is 516 g/mol. The van der Waals surface area contributed by atoms with Crippen molar-refractivity contribution in [2.24, 2.45) is 45.8 Å². The Morgan fingerprint density at radius 2 is 1.87 bits per heavy atom. The topological polar surface area (TPSA) is 32.7 Å². The fraction of sp³-hybridized carbons (Fsp3) is 0.771. The van der Waals surface area contributed by atoms with Gasteiger partial charge in [0.25, 0.3) is 0 Å². The average Bonchev–Trinajstić information content (AvgIpc) is 3.23. The number of fused-ring (bicyclic) bond motifs is 6. The van der Waals surface area contributed by atoms with Gasteiger partial charge in [-0.3, -0.25) is 4.90 Å². The summed E-state index contributed by atoms with van der Waals surface area (Å²) in [4.78, 5) is 2.82. The molecule has 1 N–H and O–H groups in total. The van der Waals surface area contributed by atoms with Crippen LogP contribution < -0.4 is 0 Å². The van der Waals surface area contributed by atoms with E-state index in [1.165, 1.54) is 57.1 Å². The van der Waals surface area contributed by atoms with Crippen LogP contribution in [0, 0.1) is 45.8 Å². The van der Waals surface area contributed by atoms with E-state index in [0.29, 0.717) is 40.2 Å². The number of piperidine rings is 1. The van der Waals surface area contributed by atoms with Crippen LogP contribution >= 0.6 is 0 Å². The Morgan fingerprint density at radius 3 is 2.68 bits per heavy atom. The summed E-state index contributed by atoms with van der Waals surface area (Å²) in [5.74, 6) is 3.82. The molecule has 0 amide bonds. The summed E-state index contributed by atoms with van der Waals surface area (Å²) in [5.41, 5.74) is 4.23. The molecule has 4 saturated carbocycles. The van der Waals surface area contributed by atoms with Gasteiger partial charge in [0.1, 0.15) is 0 Å². The quantitative estimate of drug-likeness (QED) is 0.431. The first-order chi connectivity index (χ1) is 18.2. The van der Waals surface area contributed by atoms with Crippen molar-refractivity contribution < 1.29 is 9.84 Å². The molecule has 2 spiro atoms. The van der Waals surface area contributed by atoms with Gasteiger partial charge in [0.2, 0.25) is 0 Å². The van der Waals surface area contributed by atoms with Gasteiger partial charge in [0.05, 0.1) is 17.8 Å². The van der Waals surface area contributed by atoms with Crippen LogP contribution in [-0.4, -0.2) is 40.4 Å². The van der Waals surface area contributed by atoms with Crippen LogP contribution in [0.1, 0.15) is 91.0 Å². The number of ether oxygens (including phenoxy) is 1. The van der Waals surface area contributed by atoms with E-state index < -0.39 is 0 Å². The third-order valence-corrected chi connectivity index (χ3v) is 14.2. The molecule has 1 aromatic rings. The van der Waals surface area contributed by atoms with E-state index in [2.05, 4.69) is 69.0 Å². The summed E-state index contributed by atoms with van der Waals surface area (Å²) in [6, 6.07) is 11.7. The SMILES string of the molecule is C[C@H]1C[C@H]2OC3(CC[C@H]4[C@@H]5CC=C6C[C@@H](O)CC[C@]6(C)[C@H]5CC45CC53C)[C@H](C)[C@@H]2N(Cc2ccccc2)C1. The highest BCUT2D eigenvalue weighted by Gasteiger charge is 2.84. The predicted octanol–water partition coefficient (Wildman–Crippen LogP) is 6.99. The van der Waals surface area contributed by atoms with Crippen LogP contribution in [0.25, 0.3) is 0 Å². The maximum absolute atomic E-state index is 10.5. The molecule has 3 heteroatoms. The van der Waals surface area contributed by atoms with Gasteiger partial charge < -0.3 is 9.84 Å². The summed E-state index contributed by atoms with van der Waals surface area (Å²) in [5, 5.41) is 10.5. The minimum Gasteiger partial charge on any atom is -0.393 e. The van der Waals surface area contributed by atoms with Crippen molar-refractivity contribution in [1.29, 1.82) is 0 Å². The largest absolute Gasteiger partial charge is 0.393 e. The molecule has 3 nitrogen and oxygen atoms in total. The Balaban J connectivity index is 1.11. The first-order valence-corrected chi connectivity index (χ1v) is 16.0. The number of aliphatic hydroxyl groups excluding tert-OH is 1. The van der Waals surface area contributed by atoms with Crippen LogP contribution in [0.2, 0.25) is 0 Å². The summed E-state index contributed by atoms with van der Waals surface area (Å²) in [6.45, 7) is 12.5. The third kappa shape index (κ3) is 2.97. The lowest BCUT2D eigenvalue weighted by atomic mass is 9.56. The molecule has 8 rings (SSSR count). The Kier molecular flexibility index (Phi) is 5.17. The van der Waals surface area contributed by atoms with Gasteiger partial charge in [-0.2, -0.15) is 0 Å². The van der Waals surface area contributed by atoms with Crippen molar-refractivity contribution in [2.75, 3.05) is 6.54 Å². The molecule has 12 atom stereocenters. The molecule has 7 aliphatic rings. The number of rotatable bonds is 2. The molecule has 2 aliphatic heterocycles. The van der Waals surface area contributed by atoms with Crippen molar-refractivity contribution >= 4 is 0 Å². The van der Waals surface area contributed by atoms with Crippen LogP contribution in [0.15, 0.2) is 42.0 Å². The Labute approximate surface area is 230 Å². The Hall–Kier alpha value is -1.16.